The first-order valence-electron chi connectivity index (χ1n) is 9.01. The second kappa shape index (κ2) is 8.32. The standard InChI is InChI=1S/C21H23F2N3OS/c1-13-5-6-15(14(2)9-13)10-19(27)26(8-7-25(3)4)21-24-20-17(23)11-16(22)12-18(20)28-21/h5-6,9,11-12H,7-8,10H2,1-4H3. The third-order valence-electron chi connectivity index (χ3n) is 4.54. The van der Waals surface area contributed by atoms with E-state index in [2.05, 4.69) is 4.98 Å². The summed E-state index contributed by atoms with van der Waals surface area (Å²) in [5.74, 6) is -1.48. The summed E-state index contributed by atoms with van der Waals surface area (Å²) >= 11 is 1.13. The lowest BCUT2D eigenvalue weighted by Crippen LogP contribution is -2.37. The number of thiazole rings is 1. The zero-order chi connectivity index (χ0) is 20.4. The van der Waals surface area contributed by atoms with E-state index < -0.39 is 11.6 Å². The van der Waals surface area contributed by atoms with Crippen LogP contribution in [-0.2, 0) is 11.2 Å². The van der Waals surface area contributed by atoms with Crippen LogP contribution in [0.2, 0.25) is 0 Å². The van der Waals surface area contributed by atoms with Crippen LogP contribution in [0.4, 0.5) is 13.9 Å². The summed E-state index contributed by atoms with van der Waals surface area (Å²) in [6, 6.07) is 8.05. The van der Waals surface area contributed by atoms with E-state index in [1.165, 1.54) is 6.07 Å². The zero-order valence-electron chi connectivity index (χ0n) is 16.4. The van der Waals surface area contributed by atoms with Gasteiger partial charge in [-0.1, -0.05) is 35.1 Å². The summed E-state index contributed by atoms with van der Waals surface area (Å²) in [5, 5.41) is 0.385. The van der Waals surface area contributed by atoms with E-state index in [-0.39, 0.29) is 17.8 Å². The Morgan fingerprint density at radius 3 is 2.54 bits per heavy atom. The van der Waals surface area contributed by atoms with E-state index in [1.54, 1.807) is 4.90 Å². The van der Waals surface area contributed by atoms with Crippen molar-refractivity contribution in [3.63, 3.8) is 0 Å². The molecule has 1 aromatic heterocycles. The summed E-state index contributed by atoms with van der Waals surface area (Å²) < 4.78 is 28.0. The second-order valence-corrected chi connectivity index (χ2v) is 8.20. The normalized spacial score (nSPS) is 11.4. The van der Waals surface area contributed by atoms with Crippen LogP contribution >= 0.6 is 11.3 Å². The van der Waals surface area contributed by atoms with Gasteiger partial charge in [-0.25, -0.2) is 13.8 Å². The highest BCUT2D eigenvalue weighted by Crippen LogP contribution is 2.31. The van der Waals surface area contributed by atoms with Crippen molar-refractivity contribution in [3.8, 4) is 0 Å². The van der Waals surface area contributed by atoms with Crippen molar-refractivity contribution >= 4 is 32.6 Å². The van der Waals surface area contributed by atoms with Gasteiger partial charge in [0, 0.05) is 19.2 Å². The molecule has 0 fully saturated rings. The van der Waals surface area contributed by atoms with Crippen molar-refractivity contribution in [2.24, 2.45) is 0 Å². The number of nitrogens with zero attached hydrogens (tertiary/aromatic N) is 3. The van der Waals surface area contributed by atoms with Crippen molar-refractivity contribution in [2.45, 2.75) is 20.3 Å². The number of fused-ring (bicyclic) bond motifs is 1. The fourth-order valence-electron chi connectivity index (χ4n) is 2.99. The first kappa shape index (κ1) is 20.4. The van der Waals surface area contributed by atoms with Crippen LogP contribution in [0.15, 0.2) is 30.3 Å². The van der Waals surface area contributed by atoms with Crippen LogP contribution in [0.25, 0.3) is 10.2 Å². The van der Waals surface area contributed by atoms with E-state index in [0.29, 0.717) is 22.9 Å². The van der Waals surface area contributed by atoms with Gasteiger partial charge < -0.3 is 4.90 Å². The highest BCUT2D eigenvalue weighted by molar-refractivity contribution is 7.22. The number of amides is 1. The Balaban J connectivity index is 1.94. The van der Waals surface area contributed by atoms with Gasteiger partial charge in [0.25, 0.3) is 0 Å². The molecular weight excluding hydrogens is 380 g/mol. The number of rotatable bonds is 6. The predicted molar refractivity (Wildman–Crippen MR) is 110 cm³/mol. The highest BCUT2D eigenvalue weighted by atomic mass is 32.1. The quantitative estimate of drug-likeness (QED) is 0.615. The van der Waals surface area contributed by atoms with Crippen LogP contribution < -0.4 is 4.90 Å². The molecule has 1 heterocycles. The molecule has 0 atom stereocenters. The molecule has 0 bridgehead atoms. The molecule has 0 aliphatic heterocycles. The lowest BCUT2D eigenvalue weighted by atomic mass is 10.0. The maximum absolute atomic E-state index is 14.1. The monoisotopic (exact) mass is 403 g/mol. The summed E-state index contributed by atoms with van der Waals surface area (Å²) in [4.78, 5) is 20.9. The van der Waals surface area contributed by atoms with Gasteiger partial charge in [-0.3, -0.25) is 9.69 Å². The molecule has 7 heteroatoms. The van der Waals surface area contributed by atoms with E-state index in [4.69, 9.17) is 0 Å². The van der Waals surface area contributed by atoms with Gasteiger partial charge in [0.15, 0.2) is 10.9 Å². The van der Waals surface area contributed by atoms with Gasteiger partial charge in [0.1, 0.15) is 11.3 Å². The molecule has 0 unspecified atom stereocenters. The molecule has 1 amide bonds. The molecule has 4 nitrogen and oxygen atoms in total. The minimum absolute atomic E-state index is 0.0931. The van der Waals surface area contributed by atoms with Crippen LogP contribution in [0.5, 0.6) is 0 Å². The minimum atomic E-state index is -0.716. The fourth-order valence-corrected chi connectivity index (χ4v) is 4.04. The third-order valence-corrected chi connectivity index (χ3v) is 5.57. The molecule has 3 rings (SSSR count). The maximum atomic E-state index is 14.1. The number of aryl methyl sites for hydroxylation is 2. The minimum Gasteiger partial charge on any atom is -0.308 e. The molecule has 148 valence electrons. The summed E-state index contributed by atoms with van der Waals surface area (Å²) in [6.45, 7) is 5.04. The molecule has 0 radical (unpaired) electrons. The predicted octanol–water partition coefficient (Wildman–Crippen LogP) is 4.33. The number of hydrogen-bond acceptors (Lipinski definition) is 4. The Labute approximate surface area is 167 Å². The molecule has 0 N–H and O–H groups in total. The number of hydrogen-bond donors (Lipinski definition) is 0. The number of benzene rings is 2. The van der Waals surface area contributed by atoms with Gasteiger partial charge in [-0.2, -0.15) is 0 Å². The van der Waals surface area contributed by atoms with Crippen molar-refractivity contribution in [2.75, 3.05) is 32.1 Å². The lowest BCUT2D eigenvalue weighted by Gasteiger charge is -2.22. The molecule has 2 aromatic carbocycles. The highest BCUT2D eigenvalue weighted by Gasteiger charge is 2.22. The summed E-state index contributed by atoms with van der Waals surface area (Å²) in [5.41, 5.74) is 3.24. The third kappa shape index (κ3) is 4.54. The molecule has 0 spiro atoms. The topological polar surface area (TPSA) is 36.4 Å². The van der Waals surface area contributed by atoms with Crippen molar-refractivity contribution < 1.29 is 13.6 Å². The lowest BCUT2D eigenvalue weighted by molar-refractivity contribution is -0.118. The zero-order valence-corrected chi connectivity index (χ0v) is 17.2. The van der Waals surface area contributed by atoms with Crippen molar-refractivity contribution in [1.82, 2.24) is 9.88 Å². The number of anilines is 1. The van der Waals surface area contributed by atoms with E-state index in [1.807, 2.05) is 51.0 Å². The number of carbonyl (C=O) groups is 1. The van der Waals surface area contributed by atoms with Gasteiger partial charge in [-0.05, 0) is 45.1 Å². The largest absolute Gasteiger partial charge is 0.308 e. The number of halogens is 2. The maximum Gasteiger partial charge on any atom is 0.233 e. The summed E-state index contributed by atoms with van der Waals surface area (Å²) in [7, 11) is 3.83. The Morgan fingerprint density at radius 2 is 1.86 bits per heavy atom. The number of carbonyl (C=O) groups excluding carboxylic acids is 1. The van der Waals surface area contributed by atoms with Crippen LogP contribution in [0, 0.1) is 25.5 Å². The van der Waals surface area contributed by atoms with Gasteiger partial charge in [0.05, 0.1) is 11.1 Å². The SMILES string of the molecule is Cc1ccc(CC(=O)N(CCN(C)C)c2nc3c(F)cc(F)cc3s2)c(C)c1. The molecule has 28 heavy (non-hydrogen) atoms. The van der Waals surface area contributed by atoms with Crippen LogP contribution in [-0.4, -0.2) is 43.0 Å². The van der Waals surface area contributed by atoms with E-state index in [9.17, 15) is 13.6 Å². The molecule has 0 aliphatic rings. The first-order valence-corrected chi connectivity index (χ1v) is 9.83. The Bertz CT molecular complexity index is 1020. The molecule has 0 aliphatic carbocycles. The van der Waals surface area contributed by atoms with E-state index >= 15 is 0 Å². The van der Waals surface area contributed by atoms with Gasteiger partial charge in [0.2, 0.25) is 5.91 Å². The van der Waals surface area contributed by atoms with Gasteiger partial charge in [-0.15, -0.1) is 0 Å². The summed E-state index contributed by atoms with van der Waals surface area (Å²) in [6.07, 6.45) is 0.228. The Kier molecular flexibility index (Phi) is 6.05. The van der Waals surface area contributed by atoms with Crippen molar-refractivity contribution in [1.29, 1.82) is 0 Å². The fraction of sp³-hybridized carbons (Fsp3) is 0.333. The van der Waals surface area contributed by atoms with Crippen LogP contribution in [0.1, 0.15) is 16.7 Å². The second-order valence-electron chi connectivity index (χ2n) is 7.19. The average Bonchev–Trinajstić information content (AvgIpc) is 3.01. The Morgan fingerprint density at radius 1 is 1.11 bits per heavy atom. The number of aromatic nitrogens is 1. The Hall–Kier alpha value is -2.38. The first-order chi connectivity index (χ1) is 13.2. The number of likely N-dealkylation sites (N-methyl/N-ethyl adjacent to an activating group) is 1. The molecule has 3 aromatic rings. The molecule has 0 saturated heterocycles. The van der Waals surface area contributed by atoms with Crippen molar-refractivity contribution in [3.05, 3.63) is 58.7 Å². The molecule has 0 saturated carbocycles. The average molecular weight is 403 g/mol. The van der Waals surface area contributed by atoms with Gasteiger partial charge >= 0.3 is 0 Å². The van der Waals surface area contributed by atoms with E-state index in [0.717, 1.165) is 34.1 Å². The molecular formula is C21H23F2N3OS. The van der Waals surface area contributed by atoms with Crippen LogP contribution in [0.3, 0.4) is 0 Å². The smallest absolute Gasteiger partial charge is 0.233 e.